The van der Waals surface area contributed by atoms with Crippen molar-refractivity contribution >= 4 is 43.3 Å². The van der Waals surface area contributed by atoms with Crippen LogP contribution in [0.1, 0.15) is 15.9 Å². The average Bonchev–Trinajstić information content (AvgIpc) is 2.48. The highest BCUT2D eigenvalue weighted by Crippen LogP contribution is 2.33. The van der Waals surface area contributed by atoms with Gasteiger partial charge >= 0.3 is 5.97 Å². The Hall–Kier alpha value is -1.57. The second-order valence-electron chi connectivity index (χ2n) is 4.63. The van der Waals surface area contributed by atoms with Crippen LogP contribution in [0.5, 0.6) is 5.75 Å². The van der Waals surface area contributed by atoms with Gasteiger partial charge in [-0.25, -0.2) is 13.2 Å². The minimum atomic E-state index is -3.72. The lowest BCUT2D eigenvalue weighted by molar-refractivity contribution is 0.0692. The molecule has 0 aliphatic heterocycles. The Kier molecular flexibility index (Phi) is 5.33. The second-order valence-corrected chi connectivity index (χ2v) is 7.91. The number of hydrogen-bond acceptors (Lipinski definition) is 4. The molecule has 0 aliphatic rings. The molecule has 0 aliphatic carbocycles. The third kappa shape index (κ3) is 3.85. The minimum absolute atomic E-state index is 0.0696. The molecule has 2 aromatic carbocycles. The number of carboxylic acid groups (broad SMARTS) is 1. The molecule has 2 aromatic rings. The van der Waals surface area contributed by atoms with Crippen molar-refractivity contribution in [3.8, 4) is 5.75 Å². The molecule has 0 heterocycles. The first-order valence-corrected chi connectivity index (χ1v) is 9.15. The fourth-order valence-corrected chi connectivity index (χ4v) is 4.07. The monoisotopic (exact) mass is 418 g/mol. The van der Waals surface area contributed by atoms with Crippen LogP contribution in [0.2, 0.25) is 5.02 Å². The molecule has 0 saturated carbocycles. The van der Waals surface area contributed by atoms with Gasteiger partial charge in [0.2, 0.25) is 0 Å². The number of rotatable bonds is 5. The normalized spacial score (nSPS) is 11.3. The van der Waals surface area contributed by atoms with Crippen molar-refractivity contribution in [1.82, 2.24) is 0 Å². The fraction of sp³-hybridized carbons (Fsp3) is 0.133. The molecule has 0 unspecified atom stereocenters. The van der Waals surface area contributed by atoms with Crippen molar-refractivity contribution in [1.29, 1.82) is 0 Å². The summed E-state index contributed by atoms with van der Waals surface area (Å²) in [5.41, 5.74) is -0.0353. The summed E-state index contributed by atoms with van der Waals surface area (Å²) in [7, 11) is -2.39. The number of methoxy groups -OCH3 is 1. The van der Waals surface area contributed by atoms with Gasteiger partial charge in [0.05, 0.1) is 22.2 Å². The van der Waals surface area contributed by atoms with Crippen LogP contribution in [0.15, 0.2) is 45.8 Å². The molecule has 0 radical (unpaired) electrons. The fourth-order valence-electron chi connectivity index (χ4n) is 2.08. The Labute approximate surface area is 146 Å². The van der Waals surface area contributed by atoms with E-state index in [-0.39, 0.29) is 21.8 Å². The molecule has 2 rings (SSSR count). The maximum atomic E-state index is 12.5. The summed E-state index contributed by atoms with van der Waals surface area (Å²) in [6.07, 6.45) is 0. The maximum absolute atomic E-state index is 12.5. The van der Waals surface area contributed by atoms with Crippen LogP contribution in [-0.2, 0) is 15.6 Å². The van der Waals surface area contributed by atoms with Crippen molar-refractivity contribution in [2.24, 2.45) is 0 Å². The van der Waals surface area contributed by atoms with Crippen LogP contribution in [0.4, 0.5) is 0 Å². The zero-order valence-electron chi connectivity index (χ0n) is 11.9. The first kappa shape index (κ1) is 17.8. The van der Waals surface area contributed by atoms with Gasteiger partial charge in [0, 0.05) is 5.02 Å². The largest absolute Gasteiger partial charge is 0.495 e. The number of carboxylic acids is 1. The van der Waals surface area contributed by atoms with Crippen LogP contribution < -0.4 is 4.74 Å². The highest BCUT2D eigenvalue weighted by Gasteiger charge is 2.24. The van der Waals surface area contributed by atoms with E-state index >= 15 is 0 Å². The SMILES string of the molecule is COc1c(Br)ccc(CS(=O)(=O)c2ccc(Cl)cc2)c1C(=O)O. The smallest absolute Gasteiger partial charge is 0.339 e. The molecule has 122 valence electrons. The summed E-state index contributed by atoms with van der Waals surface area (Å²) >= 11 is 8.94. The second kappa shape index (κ2) is 6.90. The number of halogens is 2. The predicted octanol–water partition coefficient (Wildman–Crippen LogP) is 3.78. The van der Waals surface area contributed by atoms with Crippen molar-refractivity contribution in [3.05, 3.63) is 57.0 Å². The van der Waals surface area contributed by atoms with Crippen molar-refractivity contribution < 1.29 is 23.1 Å². The molecule has 5 nitrogen and oxygen atoms in total. The Balaban J connectivity index is 2.51. The van der Waals surface area contributed by atoms with Crippen LogP contribution in [0, 0.1) is 0 Å². The van der Waals surface area contributed by atoms with Crippen LogP contribution in [0.3, 0.4) is 0 Å². The standard InChI is InChI=1S/C15H12BrClO5S/c1-22-14-12(16)7-2-9(13(14)15(18)19)8-23(20,21)11-5-3-10(17)4-6-11/h2-7H,8H2,1H3,(H,18,19). The maximum Gasteiger partial charge on any atom is 0.339 e. The van der Waals surface area contributed by atoms with Gasteiger partial charge in [0.25, 0.3) is 0 Å². The van der Waals surface area contributed by atoms with E-state index in [0.29, 0.717) is 9.50 Å². The van der Waals surface area contributed by atoms with Crippen molar-refractivity contribution in [2.75, 3.05) is 7.11 Å². The molecule has 0 aromatic heterocycles. The molecule has 1 N–H and O–H groups in total. The summed E-state index contributed by atoms with van der Waals surface area (Å²) in [6, 6.07) is 8.70. The molecule has 0 atom stereocenters. The molecule has 0 fully saturated rings. The van der Waals surface area contributed by atoms with Gasteiger partial charge in [-0.2, -0.15) is 0 Å². The molecular weight excluding hydrogens is 408 g/mol. The van der Waals surface area contributed by atoms with Gasteiger partial charge in [0.15, 0.2) is 9.84 Å². The zero-order valence-corrected chi connectivity index (χ0v) is 15.1. The third-order valence-electron chi connectivity index (χ3n) is 3.13. The third-order valence-corrected chi connectivity index (χ3v) is 5.69. The van der Waals surface area contributed by atoms with Crippen molar-refractivity contribution in [2.45, 2.75) is 10.6 Å². The highest BCUT2D eigenvalue weighted by molar-refractivity contribution is 9.10. The quantitative estimate of drug-likeness (QED) is 0.797. The molecular formula is C15H12BrClO5S. The summed E-state index contributed by atoms with van der Waals surface area (Å²) in [5.74, 6) is -1.63. The molecule has 0 amide bonds. The van der Waals surface area contributed by atoms with E-state index in [1.54, 1.807) is 6.07 Å². The number of sulfone groups is 1. The van der Waals surface area contributed by atoms with Crippen molar-refractivity contribution in [3.63, 3.8) is 0 Å². The molecule has 0 bridgehead atoms. The van der Waals surface area contributed by atoms with Gasteiger partial charge in [-0.3, -0.25) is 0 Å². The summed E-state index contributed by atoms with van der Waals surface area (Å²) in [6.45, 7) is 0. The average molecular weight is 420 g/mol. The number of benzene rings is 2. The van der Waals surface area contributed by atoms with Gasteiger partial charge in [-0.05, 0) is 51.8 Å². The summed E-state index contributed by atoms with van der Waals surface area (Å²) < 4.78 is 30.5. The number of aromatic carboxylic acids is 1. The van der Waals surface area contributed by atoms with E-state index in [2.05, 4.69) is 15.9 Å². The van der Waals surface area contributed by atoms with E-state index in [9.17, 15) is 18.3 Å². The van der Waals surface area contributed by atoms with Gasteiger partial charge < -0.3 is 9.84 Å². The van der Waals surface area contributed by atoms with Crippen LogP contribution in [0.25, 0.3) is 0 Å². The Bertz CT molecular complexity index is 847. The molecule has 0 saturated heterocycles. The Morgan fingerprint density at radius 3 is 2.35 bits per heavy atom. The van der Waals surface area contributed by atoms with E-state index in [0.717, 1.165) is 0 Å². The first-order chi connectivity index (χ1) is 10.8. The first-order valence-electron chi connectivity index (χ1n) is 6.33. The lowest BCUT2D eigenvalue weighted by Crippen LogP contribution is -2.11. The number of ether oxygens (including phenoxy) is 1. The Morgan fingerprint density at radius 1 is 1.22 bits per heavy atom. The van der Waals surface area contributed by atoms with Gasteiger partial charge in [-0.15, -0.1) is 0 Å². The summed E-state index contributed by atoms with van der Waals surface area (Å²) in [4.78, 5) is 11.6. The van der Waals surface area contributed by atoms with E-state index in [1.807, 2.05) is 0 Å². The topological polar surface area (TPSA) is 80.7 Å². The van der Waals surface area contributed by atoms with Crippen LogP contribution >= 0.6 is 27.5 Å². The lowest BCUT2D eigenvalue weighted by atomic mass is 10.1. The Morgan fingerprint density at radius 2 is 1.83 bits per heavy atom. The molecule has 8 heteroatoms. The number of hydrogen-bond donors (Lipinski definition) is 1. The zero-order chi connectivity index (χ0) is 17.2. The summed E-state index contributed by atoms with van der Waals surface area (Å²) in [5, 5.41) is 9.81. The minimum Gasteiger partial charge on any atom is -0.495 e. The van der Waals surface area contributed by atoms with Gasteiger partial charge in [-0.1, -0.05) is 17.7 Å². The highest BCUT2D eigenvalue weighted by atomic mass is 79.9. The molecule has 0 spiro atoms. The lowest BCUT2D eigenvalue weighted by Gasteiger charge is -2.13. The molecule has 23 heavy (non-hydrogen) atoms. The van der Waals surface area contributed by atoms with Gasteiger partial charge in [0.1, 0.15) is 11.3 Å². The van der Waals surface area contributed by atoms with E-state index < -0.39 is 21.6 Å². The number of carbonyl (C=O) groups is 1. The predicted molar refractivity (Wildman–Crippen MR) is 90.0 cm³/mol. The van der Waals surface area contributed by atoms with E-state index in [1.165, 1.54) is 37.4 Å². The van der Waals surface area contributed by atoms with E-state index in [4.69, 9.17) is 16.3 Å². The van der Waals surface area contributed by atoms with Crippen LogP contribution in [-0.4, -0.2) is 26.6 Å².